The van der Waals surface area contributed by atoms with Gasteiger partial charge in [0.2, 0.25) is 5.91 Å². The number of carbonyl (C=O) groups excluding carboxylic acids is 1. The van der Waals surface area contributed by atoms with Gasteiger partial charge in [-0.3, -0.25) is 4.79 Å². The van der Waals surface area contributed by atoms with E-state index in [2.05, 4.69) is 20.9 Å². The van der Waals surface area contributed by atoms with Crippen LogP contribution in [0.5, 0.6) is 0 Å². The van der Waals surface area contributed by atoms with E-state index in [1.54, 1.807) is 0 Å². The number of amidine groups is 1. The molecule has 8 heteroatoms. The summed E-state index contributed by atoms with van der Waals surface area (Å²) in [7, 11) is -3.06. The Bertz CT molecular complexity index is 844. The highest BCUT2D eigenvalue weighted by atomic mass is 79.9. The molecule has 3 rings (SSSR count). The van der Waals surface area contributed by atoms with Crippen LogP contribution in [0.3, 0.4) is 0 Å². The number of hydrogen-bond donors (Lipinski definition) is 0. The molecule has 0 radical (unpaired) electrons. The van der Waals surface area contributed by atoms with Gasteiger partial charge in [0, 0.05) is 21.8 Å². The van der Waals surface area contributed by atoms with Crippen LogP contribution in [0.4, 0.5) is 5.69 Å². The van der Waals surface area contributed by atoms with Crippen molar-refractivity contribution in [1.82, 2.24) is 0 Å². The topological polar surface area (TPSA) is 66.8 Å². The van der Waals surface area contributed by atoms with Crippen molar-refractivity contribution in [2.24, 2.45) is 4.99 Å². The number of sulfone groups is 1. The Morgan fingerprint density at radius 2 is 1.96 bits per heavy atom. The molecule has 5 nitrogen and oxygen atoms in total. The molecule has 142 valence electrons. The van der Waals surface area contributed by atoms with Gasteiger partial charge in [-0.2, -0.15) is 4.99 Å². The molecule has 1 amide bonds. The average Bonchev–Trinajstić information content (AvgIpc) is 2.97. The zero-order valence-electron chi connectivity index (χ0n) is 15.2. The molecule has 2 atom stereocenters. The first-order valence-corrected chi connectivity index (χ1v) is 12.3. The van der Waals surface area contributed by atoms with Crippen molar-refractivity contribution < 1.29 is 13.2 Å². The Morgan fingerprint density at radius 1 is 1.31 bits per heavy atom. The zero-order chi connectivity index (χ0) is 19.1. The lowest BCUT2D eigenvalue weighted by Crippen LogP contribution is -2.38. The minimum Gasteiger partial charge on any atom is -0.315 e. The lowest BCUT2D eigenvalue weighted by atomic mass is 10.1. The number of nitrogens with zero attached hydrogens (tertiary/aromatic N) is 2. The van der Waals surface area contributed by atoms with Gasteiger partial charge < -0.3 is 4.90 Å². The van der Waals surface area contributed by atoms with Gasteiger partial charge in [-0.1, -0.05) is 41.0 Å². The van der Waals surface area contributed by atoms with Crippen LogP contribution in [-0.4, -0.2) is 42.3 Å². The molecule has 26 heavy (non-hydrogen) atoms. The van der Waals surface area contributed by atoms with Crippen LogP contribution in [0.1, 0.15) is 37.3 Å². The minimum absolute atomic E-state index is 0.0693. The monoisotopic (exact) mass is 458 g/mol. The normalized spacial score (nSPS) is 25.7. The molecule has 0 aliphatic carbocycles. The van der Waals surface area contributed by atoms with Gasteiger partial charge in [0.05, 0.1) is 17.5 Å². The molecule has 2 heterocycles. The van der Waals surface area contributed by atoms with E-state index in [1.165, 1.54) is 11.8 Å². The second kappa shape index (κ2) is 7.64. The van der Waals surface area contributed by atoms with Gasteiger partial charge in [0.1, 0.15) is 0 Å². The van der Waals surface area contributed by atoms with E-state index in [4.69, 9.17) is 0 Å². The number of carbonyl (C=O) groups is 1. The maximum Gasteiger partial charge on any atom is 0.248 e. The van der Waals surface area contributed by atoms with Crippen LogP contribution < -0.4 is 4.90 Å². The molecular weight excluding hydrogens is 436 g/mol. The van der Waals surface area contributed by atoms with E-state index in [-0.39, 0.29) is 28.7 Å². The summed E-state index contributed by atoms with van der Waals surface area (Å²) in [5.41, 5.74) is 3.04. The summed E-state index contributed by atoms with van der Waals surface area (Å²) in [4.78, 5) is 18.6. The average molecular weight is 459 g/mol. The van der Waals surface area contributed by atoms with E-state index in [0.717, 1.165) is 34.1 Å². The van der Waals surface area contributed by atoms with Gasteiger partial charge in [0.25, 0.3) is 0 Å². The van der Waals surface area contributed by atoms with Crippen molar-refractivity contribution in [3.63, 3.8) is 0 Å². The third-order valence-corrected chi connectivity index (χ3v) is 8.40. The number of amides is 1. The lowest BCUT2D eigenvalue weighted by molar-refractivity contribution is -0.117. The number of unbranched alkanes of at least 4 members (excludes halogenated alkanes) is 1. The molecule has 2 fully saturated rings. The van der Waals surface area contributed by atoms with Crippen LogP contribution >= 0.6 is 27.7 Å². The summed E-state index contributed by atoms with van der Waals surface area (Å²) in [6.07, 6.45) is 2.19. The third-order valence-electron chi connectivity index (χ3n) is 4.73. The van der Waals surface area contributed by atoms with Crippen LogP contribution in [0.15, 0.2) is 21.6 Å². The number of halogens is 1. The highest BCUT2D eigenvalue weighted by molar-refractivity contribution is 9.10. The Labute approximate surface area is 167 Å². The summed E-state index contributed by atoms with van der Waals surface area (Å²) >= 11 is 4.94. The van der Waals surface area contributed by atoms with Crippen LogP contribution in [-0.2, 0) is 14.6 Å². The van der Waals surface area contributed by atoms with E-state index in [9.17, 15) is 13.2 Å². The number of anilines is 1. The largest absolute Gasteiger partial charge is 0.315 e. The fourth-order valence-electron chi connectivity index (χ4n) is 3.60. The first-order chi connectivity index (χ1) is 12.2. The maximum absolute atomic E-state index is 12.3. The van der Waals surface area contributed by atoms with Gasteiger partial charge >= 0.3 is 0 Å². The van der Waals surface area contributed by atoms with E-state index < -0.39 is 9.84 Å². The van der Waals surface area contributed by atoms with Gasteiger partial charge in [-0.05, 0) is 43.5 Å². The number of fused-ring (bicyclic) bond motifs is 1. The molecule has 0 saturated carbocycles. The fraction of sp³-hybridized carbons (Fsp3) is 0.556. The lowest BCUT2D eigenvalue weighted by Gasteiger charge is -2.28. The van der Waals surface area contributed by atoms with Crippen molar-refractivity contribution in [3.8, 4) is 0 Å². The molecule has 0 unspecified atom stereocenters. The SMILES string of the molecule is CCCCC(=O)N=C1S[C@H]2CS(=O)(=O)C[C@@H]2N1c1c(C)cc(Br)cc1C. The Balaban J connectivity index is 2.04. The minimum atomic E-state index is -3.06. The molecule has 0 bridgehead atoms. The van der Waals surface area contributed by atoms with Crippen molar-refractivity contribution >= 4 is 54.3 Å². The molecule has 1 aromatic rings. The molecular formula is C18H23BrN2O3S2. The molecule has 0 aromatic heterocycles. The second-order valence-corrected chi connectivity index (χ2v) is 11.2. The number of aliphatic imine (C=N–C) groups is 1. The number of thioether (sulfide) groups is 1. The van der Waals surface area contributed by atoms with Crippen LogP contribution in [0.25, 0.3) is 0 Å². The van der Waals surface area contributed by atoms with Crippen LogP contribution in [0.2, 0.25) is 0 Å². The second-order valence-electron chi connectivity index (χ2n) is 6.95. The first kappa shape index (κ1) is 19.9. The van der Waals surface area contributed by atoms with Crippen molar-refractivity contribution in [2.75, 3.05) is 16.4 Å². The Hall–Kier alpha value is -0.860. The first-order valence-electron chi connectivity index (χ1n) is 8.76. The van der Waals surface area contributed by atoms with Gasteiger partial charge in [-0.15, -0.1) is 0 Å². The predicted molar refractivity (Wildman–Crippen MR) is 112 cm³/mol. The maximum atomic E-state index is 12.3. The van der Waals surface area contributed by atoms with Gasteiger partial charge in [0.15, 0.2) is 15.0 Å². The summed E-state index contributed by atoms with van der Waals surface area (Å²) < 4.78 is 25.3. The molecule has 2 saturated heterocycles. The van der Waals surface area contributed by atoms with Crippen molar-refractivity contribution in [3.05, 3.63) is 27.7 Å². The highest BCUT2D eigenvalue weighted by Crippen LogP contribution is 2.43. The summed E-state index contributed by atoms with van der Waals surface area (Å²) in [6, 6.07) is 3.86. The third kappa shape index (κ3) is 4.02. The fourth-order valence-corrected chi connectivity index (χ4v) is 8.20. The molecule has 1 aromatic carbocycles. The highest BCUT2D eigenvalue weighted by Gasteiger charge is 2.49. The zero-order valence-corrected chi connectivity index (χ0v) is 18.4. The van der Waals surface area contributed by atoms with Crippen molar-refractivity contribution in [1.29, 1.82) is 0 Å². The summed E-state index contributed by atoms with van der Waals surface area (Å²) in [5, 5.41) is 0.574. The van der Waals surface area contributed by atoms with Crippen LogP contribution in [0, 0.1) is 13.8 Å². The van der Waals surface area contributed by atoms with E-state index in [0.29, 0.717) is 11.6 Å². The summed E-state index contributed by atoms with van der Waals surface area (Å²) in [6.45, 7) is 6.05. The molecule has 2 aliphatic heterocycles. The predicted octanol–water partition coefficient (Wildman–Crippen LogP) is 3.86. The number of rotatable bonds is 4. The molecule has 0 spiro atoms. The molecule has 0 N–H and O–H groups in total. The molecule has 2 aliphatic rings. The standard InChI is InChI=1S/C18H23BrN2O3S2/c1-4-5-6-16(22)20-18-21(14-9-26(23,24)10-15(14)25-18)17-11(2)7-13(19)8-12(17)3/h7-8,14-15H,4-6,9-10H2,1-3H3/t14-,15-/m0/s1. The number of aryl methyl sites for hydroxylation is 2. The number of hydrogen-bond acceptors (Lipinski definition) is 4. The quantitative estimate of drug-likeness (QED) is 0.684. The van der Waals surface area contributed by atoms with E-state index in [1.807, 2.05) is 37.8 Å². The number of benzene rings is 1. The smallest absolute Gasteiger partial charge is 0.248 e. The Morgan fingerprint density at radius 3 is 2.58 bits per heavy atom. The van der Waals surface area contributed by atoms with Gasteiger partial charge in [-0.25, -0.2) is 8.42 Å². The Kier molecular flexibility index (Phi) is 5.84. The summed E-state index contributed by atoms with van der Waals surface area (Å²) in [5.74, 6) is 0.131. The van der Waals surface area contributed by atoms with Crippen molar-refractivity contribution in [2.45, 2.75) is 51.3 Å². The van der Waals surface area contributed by atoms with E-state index >= 15 is 0 Å².